The molecule has 17 heavy (non-hydrogen) atoms. The third-order valence-corrected chi connectivity index (χ3v) is 4.29. The lowest BCUT2D eigenvalue weighted by molar-refractivity contribution is 0.0886. The molecular weight excluding hydrogens is 234 g/mol. The molecule has 0 aromatic carbocycles. The summed E-state index contributed by atoms with van der Waals surface area (Å²) >= 11 is 1.50. The minimum atomic E-state index is -0.0577. The first-order valence-electron chi connectivity index (χ1n) is 6.06. The fraction of sp³-hybridized carbons (Fsp3) is 0.667. The van der Waals surface area contributed by atoms with Crippen molar-refractivity contribution < 1.29 is 4.79 Å². The molecule has 4 nitrogen and oxygen atoms in total. The number of hydrogen-bond donors (Lipinski definition) is 2. The highest BCUT2D eigenvalue weighted by molar-refractivity contribution is 7.09. The van der Waals surface area contributed by atoms with Gasteiger partial charge in [0.25, 0.3) is 5.91 Å². The van der Waals surface area contributed by atoms with E-state index in [1.165, 1.54) is 30.6 Å². The topological polar surface area (TPSA) is 68.0 Å². The highest BCUT2D eigenvalue weighted by Crippen LogP contribution is 2.39. The van der Waals surface area contributed by atoms with Crippen LogP contribution in [0.25, 0.3) is 0 Å². The summed E-state index contributed by atoms with van der Waals surface area (Å²) in [5, 5.41) is 5.72. The van der Waals surface area contributed by atoms with Crippen LogP contribution in [0.4, 0.5) is 0 Å². The first kappa shape index (κ1) is 12.5. The van der Waals surface area contributed by atoms with E-state index in [1.807, 2.05) is 5.38 Å². The average molecular weight is 253 g/mol. The number of hydrogen-bond acceptors (Lipinski definition) is 4. The second kappa shape index (κ2) is 5.14. The number of aromatic nitrogens is 1. The van der Waals surface area contributed by atoms with E-state index in [0.717, 1.165) is 18.0 Å². The van der Waals surface area contributed by atoms with Crippen LogP contribution < -0.4 is 11.1 Å². The predicted molar refractivity (Wildman–Crippen MR) is 69.2 cm³/mol. The molecule has 1 aromatic rings. The van der Waals surface area contributed by atoms with Gasteiger partial charge in [0.1, 0.15) is 5.69 Å². The molecule has 1 heterocycles. The molecule has 1 saturated carbocycles. The van der Waals surface area contributed by atoms with Crippen molar-refractivity contribution in [3.8, 4) is 0 Å². The smallest absolute Gasteiger partial charge is 0.270 e. The van der Waals surface area contributed by atoms with Gasteiger partial charge in [0, 0.05) is 18.3 Å². The van der Waals surface area contributed by atoms with Gasteiger partial charge in [0.05, 0.1) is 5.01 Å². The Bertz CT molecular complexity index is 398. The van der Waals surface area contributed by atoms with E-state index in [9.17, 15) is 4.79 Å². The zero-order chi connectivity index (χ0) is 12.3. The first-order valence-corrected chi connectivity index (χ1v) is 6.94. The van der Waals surface area contributed by atoms with Gasteiger partial charge in [-0.3, -0.25) is 4.79 Å². The van der Waals surface area contributed by atoms with Crippen molar-refractivity contribution in [2.24, 2.45) is 11.1 Å². The molecule has 94 valence electrons. The third kappa shape index (κ3) is 3.04. The van der Waals surface area contributed by atoms with Crippen LogP contribution in [-0.2, 0) is 6.42 Å². The van der Waals surface area contributed by atoms with Gasteiger partial charge < -0.3 is 11.1 Å². The SMILES string of the molecule is CC1(CNC(=O)c2csc(CCN)n2)CCC1. The van der Waals surface area contributed by atoms with Gasteiger partial charge in [0.15, 0.2) is 0 Å². The average Bonchev–Trinajstić information content (AvgIpc) is 2.72. The lowest BCUT2D eigenvalue weighted by Gasteiger charge is -2.38. The second-order valence-corrected chi connectivity index (χ2v) is 5.95. The summed E-state index contributed by atoms with van der Waals surface area (Å²) in [6.45, 7) is 3.56. The number of nitrogens with one attached hydrogen (secondary N) is 1. The van der Waals surface area contributed by atoms with Crippen molar-refractivity contribution in [3.05, 3.63) is 16.1 Å². The van der Waals surface area contributed by atoms with E-state index in [4.69, 9.17) is 5.73 Å². The molecular formula is C12H19N3OS. The molecule has 0 atom stereocenters. The second-order valence-electron chi connectivity index (χ2n) is 5.01. The van der Waals surface area contributed by atoms with Crippen LogP contribution in [-0.4, -0.2) is 24.0 Å². The van der Waals surface area contributed by atoms with Crippen molar-refractivity contribution in [1.29, 1.82) is 0 Å². The van der Waals surface area contributed by atoms with Crippen LogP contribution >= 0.6 is 11.3 Å². The molecule has 0 saturated heterocycles. The molecule has 1 aliphatic rings. The Morgan fingerprint density at radius 2 is 2.41 bits per heavy atom. The van der Waals surface area contributed by atoms with Crippen LogP contribution in [0.1, 0.15) is 41.7 Å². The number of amides is 1. The van der Waals surface area contributed by atoms with Crippen LogP contribution in [0.5, 0.6) is 0 Å². The number of thiazole rings is 1. The van der Waals surface area contributed by atoms with Crippen molar-refractivity contribution in [2.45, 2.75) is 32.6 Å². The fourth-order valence-electron chi connectivity index (χ4n) is 1.99. The Labute approximate surface area is 106 Å². The van der Waals surface area contributed by atoms with Gasteiger partial charge in [-0.15, -0.1) is 11.3 Å². The first-order chi connectivity index (χ1) is 8.13. The van der Waals surface area contributed by atoms with Gasteiger partial charge in [0.2, 0.25) is 0 Å². The van der Waals surface area contributed by atoms with E-state index in [0.29, 0.717) is 17.7 Å². The van der Waals surface area contributed by atoms with Crippen LogP contribution in [0.15, 0.2) is 5.38 Å². The number of nitrogens with zero attached hydrogens (tertiary/aromatic N) is 1. The normalized spacial score (nSPS) is 17.5. The largest absolute Gasteiger partial charge is 0.350 e. The zero-order valence-corrected chi connectivity index (χ0v) is 11.0. The lowest BCUT2D eigenvalue weighted by Crippen LogP contribution is -2.40. The molecule has 2 rings (SSSR count). The van der Waals surface area contributed by atoms with E-state index < -0.39 is 0 Å². The highest BCUT2D eigenvalue weighted by Gasteiger charge is 2.32. The van der Waals surface area contributed by atoms with E-state index in [-0.39, 0.29) is 5.91 Å². The van der Waals surface area contributed by atoms with Crippen LogP contribution in [0.2, 0.25) is 0 Å². The molecule has 0 aliphatic heterocycles. The molecule has 0 radical (unpaired) electrons. The number of carbonyl (C=O) groups is 1. The summed E-state index contributed by atoms with van der Waals surface area (Å²) in [7, 11) is 0. The maximum absolute atomic E-state index is 11.9. The molecule has 0 bridgehead atoms. The Balaban J connectivity index is 1.85. The molecule has 1 fully saturated rings. The highest BCUT2D eigenvalue weighted by atomic mass is 32.1. The summed E-state index contributed by atoms with van der Waals surface area (Å²) in [5.74, 6) is -0.0577. The fourth-order valence-corrected chi connectivity index (χ4v) is 2.79. The summed E-state index contributed by atoms with van der Waals surface area (Å²) in [4.78, 5) is 16.1. The Hall–Kier alpha value is -0.940. The minimum absolute atomic E-state index is 0.0577. The van der Waals surface area contributed by atoms with Gasteiger partial charge in [-0.05, 0) is 24.8 Å². The third-order valence-electron chi connectivity index (χ3n) is 3.38. The maximum atomic E-state index is 11.9. The van der Waals surface area contributed by atoms with Crippen molar-refractivity contribution in [3.63, 3.8) is 0 Å². The van der Waals surface area contributed by atoms with Gasteiger partial charge >= 0.3 is 0 Å². The number of carbonyl (C=O) groups excluding carboxylic acids is 1. The standard InChI is InChI=1S/C12H19N3OS/c1-12(4-2-5-12)8-14-11(16)9-7-17-10(15-9)3-6-13/h7H,2-6,8,13H2,1H3,(H,14,16). The van der Waals surface area contributed by atoms with Gasteiger partial charge in [-0.2, -0.15) is 0 Å². The zero-order valence-electron chi connectivity index (χ0n) is 10.2. The summed E-state index contributed by atoms with van der Waals surface area (Å²) < 4.78 is 0. The molecule has 3 N–H and O–H groups in total. The Kier molecular flexibility index (Phi) is 3.79. The summed E-state index contributed by atoms with van der Waals surface area (Å²) in [6, 6.07) is 0. The van der Waals surface area contributed by atoms with Crippen molar-refractivity contribution in [2.75, 3.05) is 13.1 Å². The molecule has 1 aromatic heterocycles. The molecule has 0 unspecified atom stereocenters. The van der Waals surface area contributed by atoms with Crippen LogP contribution in [0.3, 0.4) is 0 Å². The quantitative estimate of drug-likeness (QED) is 0.837. The molecule has 1 amide bonds. The number of nitrogens with two attached hydrogens (primary N) is 1. The van der Waals surface area contributed by atoms with E-state index in [1.54, 1.807) is 0 Å². The number of rotatable bonds is 5. The van der Waals surface area contributed by atoms with Crippen molar-refractivity contribution >= 4 is 17.2 Å². The monoisotopic (exact) mass is 253 g/mol. The molecule has 1 aliphatic carbocycles. The summed E-state index contributed by atoms with van der Waals surface area (Å²) in [6.07, 6.45) is 4.45. The predicted octanol–water partition coefficient (Wildman–Crippen LogP) is 1.56. The minimum Gasteiger partial charge on any atom is -0.350 e. The van der Waals surface area contributed by atoms with E-state index >= 15 is 0 Å². The lowest BCUT2D eigenvalue weighted by atomic mass is 9.70. The van der Waals surface area contributed by atoms with Crippen LogP contribution in [0, 0.1) is 5.41 Å². The van der Waals surface area contributed by atoms with E-state index in [2.05, 4.69) is 17.2 Å². The summed E-state index contributed by atoms with van der Waals surface area (Å²) in [5.41, 5.74) is 6.29. The van der Waals surface area contributed by atoms with Crippen molar-refractivity contribution in [1.82, 2.24) is 10.3 Å². The Morgan fingerprint density at radius 3 is 3.00 bits per heavy atom. The molecule has 0 spiro atoms. The molecule has 5 heteroatoms. The van der Waals surface area contributed by atoms with Gasteiger partial charge in [-0.25, -0.2) is 4.98 Å². The van der Waals surface area contributed by atoms with Gasteiger partial charge in [-0.1, -0.05) is 13.3 Å². The Morgan fingerprint density at radius 1 is 1.65 bits per heavy atom. The maximum Gasteiger partial charge on any atom is 0.270 e.